The molecule has 0 unspecified atom stereocenters. The third-order valence-electron chi connectivity index (χ3n) is 3.99. The van der Waals surface area contributed by atoms with Gasteiger partial charge in [0.1, 0.15) is 17.9 Å². The fourth-order valence-electron chi connectivity index (χ4n) is 2.37. The molecule has 4 N–H and O–H groups in total. The van der Waals surface area contributed by atoms with Gasteiger partial charge in [-0.05, 0) is 78.4 Å². The number of aliphatic hydroxyl groups excluding tert-OH is 1. The summed E-state index contributed by atoms with van der Waals surface area (Å²) in [5.41, 5.74) is 6.48. The van der Waals surface area contributed by atoms with Crippen LogP contribution in [0.5, 0.6) is 0 Å². The normalized spacial score (nSPS) is 12.4. The van der Waals surface area contributed by atoms with E-state index in [0.29, 0.717) is 11.3 Å². The minimum Gasteiger partial charge on any atom is -0.391 e. The van der Waals surface area contributed by atoms with Gasteiger partial charge in [0, 0.05) is 14.8 Å². The number of hydrogen-bond acceptors (Lipinski definition) is 5. The second-order valence-electron chi connectivity index (χ2n) is 6.02. The molecule has 0 aliphatic carbocycles. The number of carbonyl (C=O) groups is 2. The molecule has 2 rings (SSSR count). The summed E-state index contributed by atoms with van der Waals surface area (Å²) in [5, 5.41) is 22.0. The fourth-order valence-corrected chi connectivity index (χ4v) is 2.96. The highest BCUT2D eigenvalue weighted by atomic mass is 127. The van der Waals surface area contributed by atoms with Gasteiger partial charge in [0.25, 0.3) is 11.8 Å². The fraction of sp³-hybridized carbons (Fsp3) is 0.211. The lowest BCUT2D eigenvalue weighted by atomic mass is 10.1. The van der Waals surface area contributed by atoms with E-state index in [-0.39, 0.29) is 5.56 Å². The van der Waals surface area contributed by atoms with Gasteiger partial charge in [-0.1, -0.05) is 0 Å². The van der Waals surface area contributed by atoms with Crippen LogP contribution in [0.2, 0.25) is 0 Å². The Kier molecular flexibility index (Phi) is 7.31. The van der Waals surface area contributed by atoms with E-state index in [1.54, 1.807) is 19.1 Å². The smallest absolute Gasteiger partial charge is 0.269 e. The summed E-state index contributed by atoms with van der Waals surface area (Å²) in [4.78, 5) is 24.5. The zero-order chi connectivity index (χ0) is 20.8. The van der Waals surface area contributed by atoms with Crippen LogP contribution in [0.15, 0.2) is 36.4 Å². The molecule has 0 aliphatic heterocycles. The summed E-state index contributed by atoms with van der Waals surface area (Å²) in [6, 6.07) is 9.11. The molecule has 28 heavy (non-hydrogen) atoms. The average Bonchev–Trinajstić information content (AvgIpc) is 2.67. The van der Waals surface area contributed by atoms with E-state index in [2.05, 4.69) is 22.2 Å². The van der Waals surface area contributed by atoms with E-state index >= 15 is 0 Å². The van der Waals surface area contributed by atoms with Gasteiger partial charge < -0.3 is 10.4 Å². The molecule has 0 saturated heterocycles. The SMILES string of the molecule is Cc1c(N[C@@H](C(=O)NNC(=O)c2ccc(F)cc2)[C@@H](C)O)ccc(C#N)c1I. The molecule has 2 aromatic rings. The van der Waals surface area contributed by atoms with Crippen molar-refractivity contribution in [1.82, 2.24) is 10.9 Å². The van der Waals surface area contributed by atoms with Crippen LogP contribution in [-0.2, 0) is 4.79 Å². The van der Waals surface area contributed by atoms with Crippen LogP contribution in [0.25, 0.3) is 0 Å². The number of hydrogen-bond donors (Lipinski definition) is 4. The Labute approximate surface area is 175 Å². The summed E-state index contributed by atoms with van der Waals surface area (Å²) >= 11 is 2.04. The number of nitriles is 1. The van der Waals surface area contributed by atoms with Gasteiger partial charge in [0.05, 0.1) is 11.7 Å². The van der Waals surface area contributed by atoms with Crippen molar-refractivity contribution in [2.45, 2.75) is 26.0 Å². The first kappa shape index (κ1) is 21.6. The number of amides is 2. The Bertz CT molecular complexity index is 926. The van der Waals surface area contributed by atoms with Crippen molar-refractivity contribution in [3.05, 3.63) is 62.5 Å². The maximum absolute atomic E-state index is 12.9. The number of hydrazine groups is 1. The highest BCUT2D eigenvalue weighted by Gasteiger charge is 2.25. The predicted octanol–water partition coefficient (Wildman–Crippen LogP) is 2.23. The number of nitrogens with one attached hydrogen (secondary N) is 3. The summed E-state index contributed by atoms with van der Waals surface area (Å²) in [7, 11) is 0. The maximum Gasteiger partial charge on any atom is 0.269 e. The van der Waals surface area contributed by atoms with Crippen LogP contribution in [0.1, 0.15) is 28.4 Å². The topological polar surface area (TPSA) is 114 Å². The van der Waals surface area contributed by atoms with Crippen molar-refractivity contribution in [2.24, 2.45) is 0 Å². The Balaban J connectivity index is 2.08. The van der Waals surface area contributed by atoms with Crippen molar-refractivity contribution in [3.63, 3.8) is 0 Å². The molecule has 9 heteroatoms. The number of benzene rings is 2. The van der Waals surface area contributed by atoms with E-state index in [9.17, 15) is 19.1 Å². The van der Waals surface area contributed by atoms with E-state index in [1.807, 2.05) is 22.6 Å². The van der Waals surface area contributed by atoms with Gasteiger partial charge in [0.15, 0.2) is 0 Å². The molecule has 0 aliphatic rings. The Morgan fingerprint density at radius 1 is 1.18 bits per heavy atom. The number of anilines is 1. The highest BCUT2D eigenvalue weighted by Crippen LogP contribution is 2.25. The number of rotatable bonds is 5. The summed E-state index contributed by atoms with van der Waals surface area (Å²) in [5.74, 6) is -1.77. The van der Waals surface area contributed by atoms with Gasteiger partial charge in [-0.2, -0.15) is 5.26 Å². The Morgan fingerprint density at radius 2 is 1.82 bits per heavy atom. The molecule has 0 bridgehead atoms. The minimum absolute atomic E-state index is 0.167. The monoisotopic (exact) mass is 496 g/mol. The predicted molar refractivity (Wildman–Crippen MR) is 110 cm³/mol. The molecule has 7 nitrogen and oxygen atoms in total. The van der Waals surface area contributed by atoms with Gasteiger partial charge in [-0.25, -0.2) is 4.39 Å². The number of carbonyl (C=O) groups excluding carboxylic acids is 2. The molecule has 146 valence electrons. The number of aliphatic hydroxyl groups is 1. The largest absolute Gasteiger partial charge is 0.391 e. The van der Waals surface area contributed by atoms with Crippen molar-refractivity contribution >= 4 is 40.1 Å². The second-order valence-corrected chi connectivity index (χ2v) is 7.10. The highest BCUT2D eigenvalue weighted by molar-refractivity contribution is 14.1. The van der Waals surface area contributed by atoms with Crippen LogP contribution in [0.4, 0.5) is 10.1 Å². The van der Waals surface area contributed by atoms with Gasteiger partial charge in [0.2, 0.25) is 0 Å². The lowest BCUT2D eigenvalue weighted by molar-refractivity contribution is -0.124. The summed E-state index contributed by atoms with van der Waals surface area (Å²) in [6.45, 7) is 3.22. The van der Waals surface area contributed by atoms with Crippen LogP contribution in [-0.4, -0.2) is 29.1 Å². The molecule has 0 radical (unpaired) electrons. The molecule has 2 aromatic carbocycles. The van der Waals surface area contributed by atoms with Crippen molar-refractivity contribution in [2.75, 3.05) is 5.32 Å². The number of halogens is 2. The Morgan fingerprint density at radius 3 is 2.39 bits per heavy atom. The number of nitrogens with zero attached hydrogens (tertiary/aromatic N) is 1. The van der Waals surface area contributed by atoms with Gasteiger partial charge >= 0.3 is 0 Å². The van der Waals surface area contributed by atoms with Crippen molar-refractivity contribution < 1.29 is 19.1 Å². The first-order chi connectivity index (χ1) is 13.2. The van der Waals surface area contributed by atoms with Crippen molar-refractivity contribution in [1.29, 1.82) is 5.26 Å². The van der Waals surface area contributed by atoms with Crippen LogP contribution in [0.3, 0.4) is 0 Å². The minimum atomic E-state index is -1.07. The zero-order valence-corrected chi connectivity index (χ0v) is 17.2. The third-order valence-corrected chi connectivity index (χ3v) is 5.38. The summed E-state index contributed by atoms with van der Waals surface area (Å²) < 4.78 is 13.7. The molecule has 0 spiro atoms. The van der Waals surface area contributed by atoms with E-state index < -0.39 is 29.8 Å². The van der Waals surface area contributed by atoms with Crippen LogP contribution in [0, 0.1) is 27.6 Å². The van der Waals surface area contributed by atoms with Gasteiger partial charge in [-0.3, -0.25) is 20.4 Å². The molecule has 0 fully saturated rings. The van der Waals surface area contributed by atoms with E-state index in [4.69, 9.17) is 5.26 Å². The zero-order valence-electron chi connectivity index (χ0n) is 15.1. The van der Waals surface area contributed by atoms with E-state index in [1.165, 1.54) is 19.1 Å². The van der Waals surface area contributed by atoms with Crippen molar-refractivity contribution in [3.8, 4) is 6.07 Å². The molecule has 2 amide bonds. The van der Waals surface area contributed by atoms with Crippen LogP contribution >= 0.6 is 22.6 Å². The third kappa shape index (κ3) is 5.17. The molecule has 0 heterocycles. The molecule has 0 saturated carbocycles. The first-order valence-electron chi connectivity index (χ1n) is 8.24. The second kappa shape index (κ2) is 9.48. The molecule has 0 aromatic heterocycles. The Hall–Kier alpha value is -2.71. The lowest BCUT2D eigenvalue weighted by Crippen LogP contribution is -2.52. The van der Waals surface area contributed by atoms with E-state index in [0.717, 1.165) is 21.3 Å². The molecule has 2 atom stereocenters. The maximum atomic E-state index is 12.9. The quantitative estimate of drug-likeness (QED) is 0.375. The van der Waals surface area contributed by atoms with Gasteiger partial charge in [-0.15, -0.1) is 0 Å². The molecular formula is C19H18FIN4O3. The average molecular weight is 496 g/mol. The molecular weight excluding hydrogens is 478 g/mol. The first-order valence-corrected chi connectivity index (χ1v) is 9.32. The van der Waals surface area contributed by atoms with Crippen LogP contribution < -0.4 is 16.2 Å². The standard InChI is InChI=1S/C19H18FIN4O3/c1-10-15(8-5-13(9-22)16(10)21)23-17(11(2)26)19(28)25-24-18(27)12-3-6-14(20)7-4-12/h3-8,11,17,23,26H,1-2H3,(H,24,27)(H,25,28)/t11-,17-/m1/s1. The summed E-state index contributed by atoms with van der Waals surface area (Å²) in [6.07, 6.45) is -1.07. The lowest BCUT2D eigenvalue weighted by Gasteiger charge is -2.23.